The Morgan fingerprint density at radius 2 is 1.79 bits per heavy atom. The molecule has 1 saturated heterocycles. The molecule has 5 nitrogen and oxygen atoms in total. The fourth-order valence-corrected chi connectivity index (χ4v) is 4.78. The molecule has 1 fully saturated rings. The number of carbonyl (C=O) groups is 2. The third kappa shape index (κ3) is 2.61. The first-order chi connectivity index (χ1) is 13.6. The number of likely N-dealkylation sites (N-methyl/N-ethyl adjacent to an activating group) is 1. The Balaban J connectivity index is 1.59. The van der Waals surface area contributed by atoms with Gasteiger partial charge in [0.15, 0.2) is 0 Å². The summed E-state index contributed by atoms with van der Waals surface area (Å²) in [6.45, 7) is 0.159. The highest BCUT2D eigenvalue weighted by Gasteiger charge is 2.46. The molecule has 3 aromatic rings. The van der Waals surface area contributed by atoms with Crippen LogP contribution in [0.3, 0.4) is 0 Å². The molecule has 2 aliphatic heterocycles. The van der Waals surface area contributed by atoms with Gasteiger partial charge in [0.1, 0.15) is 6.04 Å². The zero-order valence-electron chi connectivity index (χ0n) is 15.9. The van der Waals surface area contributed by atoms with E-state index in [-0.39, 0.29) is 24.4 Å². The van der Waals surface area contributed by atoms with Crippen molar-refractivity contribution in [2.75, 3.05) is 13.6 Å². The summed E-state index contributed by atoms with van der Waals surface area (Å²) in [7, 11) is 1.72. The van der Waals surface area contributed by atoms with Crippen LogP contribution >= 0.6 is 0 Å². The lowest BCUT2D eigenvalue weighted by Crippen LogP contribution is -2.61. The van der Waals surface area contributed by atoms with Crippen molar-refractivity contribution >= 4 is 22.7 Å². The zero-order chi connectivity index (χ0) is 19.3. The van der Waals surface area contributed by atoms with Gasteiger partial charge in [-0.15, -0.1) is 0 Å². The molecule has 0 bridgehead atoms. The second-order valence-corrected chi connectivity index (χ2v) is 7.82. The molecule has 0 aliphatic carbocycles. The van der Waals surface area contributed by atoms with Gasteiger partial charge >= 0.3 is 0 Å². The van der Waals surface area contributed by atoms with Gasteiger partial charge in [-0.1, -0.05) is 48.5 Å². The van der Waals surface area contributed by atoms with E-state index < -0.39 is 6.04 Å². The minimum absolute atomic E-state index is 0.0365. The van der Waals surface area contributed by atoms with Crippen molar-refractivity contribution < 1.29 is 9.59 Å². The number of rotatable bonds is 3. The third-order valence-corrected chi connectivity index (χ3v) is 6.12. The number of fused-ring (bicyclic) bond motifs is 4. The monoisotopic (exact) mass is 373 g/mol. The fraction of sp³-hybridized carbons (Fsp3) is 0.304. The van der Waals surface area contributed by atoms with Crippen molar-refractivity contribution in [1.82, 2.24) is 14.8 Å². The molecule has 5 heteroatoms. The summed E-state index contributed by atoms with van der Waals surface area (Å²) in [5.41, 5.74) is 4.60. The molecule has 0 saturated carbocycles. The van der Waals surface area contributed by atoms with Gasteiger partial charge in [-0.05, 0) is 30.0 Å². The van der Waals surface area contributed by atoms with Crippen LogP contribution in [-0.2, 0) is 22.4 Å². The Morgan fingerprint density at radius 1 is 1.04 bits per heavy atom. The van der Waals surface area contributed by atoms with Gasteiger partial charge in [0.05, 0.1) is 12.6 Å². The minimum Gasteiger partial charge on any atom is -0.356 e. The SMILES string of the molecule is CN1CC(=O)N2C(CCc3ccccc3)c3[nH]c4ccccc4c3C[C@H]2C1=O. The number of nitrogens with zero attached hydrogens (tertiary/aromatic N) is 2. The van der Waals surface area contributed by atoms with E-state index in [1.165, 1.54) is 11.1 Å². The summed E-state index contributed by atoms with van der Waals surface area (Å²) in [6, 6.07) is 18.0. The molecule has 28 heavy (non-hydrogen) atoms. The van der Waals surface area contributed by atoms with Crippen LogP contribution in [0, 0.1) is 0 Å². The van der Waals surface area contributed by atoms with Crippen LogP contribution in [0.5, 0.6) is 0 Å². The number of nitrogens with one attached hydrogen (secondary N) is 1. The summed E-state index contributed by atoms with van der Waals surface area (Å²) < 4.78 is 0. The topological polar surface area (TPSA) is 56.4 Å². The van der Waals surface area contributed by atoms with E-state index in [0.717, 1.165) is 29.4 Å². The number of aryl methyl sites for hydroxylation is 1. The Morgan fingerprint density at radius 3 is 2.61 bits per heavy atom. The number of amides is 2. The van der Waals surface area contributed by atoms with Crippen molar-refractivity contribution in [2.24, 2.45) is 0 Å². The van der Waals surface area contributed by atoms with E-state index in [4.69, 9.17) is 0 Å². The van der Waals surface area contributed by atoms with Crippen LogP contribution in [-0.4, -0.2) is 46.2 Å². The van der Waals surface area contributed by atoms with Gasteiger partial charge in [-0.25, -0.2) is 0 Å². The van der Waals surface area contributed by atoms with E-state index in [1.54, 1.807) is 11.9 Å². The number of benzene rings is 2. The second-order valence-electron chi connectivity index (χ2n) is 7.82. The van der Waals surface area contributed by atoms with Crippen LogP contribution in [0.4, 0.5) is 0 Å². The Bertz CT molecular complexity index is 1060. The number of H-pyrrole nitrogens is 1. The number of carbonyl (C=O) groups excluding carboxylic acids is 2. The van der Waals surface area contributed by atoms with Crippen LogP contribution in [0.25, 0.3) is 10.9 Å². The Kier molecular flexibility index (Phi) is 3.97. The summed E-state index contributed by atoms with van der Waals surface area (Å²) >= 11 is 0. The van der Waals surface area contributed by atoms with Gasteiger partial charge in [0.25, 0.3) is 0 Å². The largest absolute Gasteiger partial charge is 0.356 e. The van der Waals surface area contributed by atoms with Gasteiger partial charge in [0.2, 0.25) is 11.8 Å². The predicted molar refractivity (Wildman–Crippen MR) is 108 cm³/mol. The molecule has 1 aromatic heterocycles. The molecule has 3 heterocycles. The highest BCUT2D eigenvalue weighted by molar-refractivity contribution is 5.97. The molecule has 2 amide bonds. The first-order valence-corrected chi connectivity index (χ1v) is 9.83. The standard InChI is InChI=1S/C23H23N3O2/c1-25-14-21(27)26-19(12-11-15-7-3-2-4-8-15)22-17(13-20(26)23(25)28)16-9-5-6-10-18(16)24-22/h2-10,19-20,24H,11-14H2,1H3/t19?,20-/m0/s1. The normalized spacial score (nSPS) is 21.8. The van der Waals surface area contributed by atoms with E-state index in [9.17, 15) is 9.59 Å². The number of para-hydroxylation sites is 1. The fourth-order valence-electron chi connectivity index (χ4n) is 4.78. The van der Waals surface area contributed by atoms with Gasteiger partial charge in [0, 0.05) is 30.1 Å². The molecule has 1 unspecified atom stereocenters. The van der Waals surface area contributed by atoms with Crippen LogP contribution in [0.2, 0.25) is 0 Å². The summed E-state index contributed by atoms with van der Waals surface area (Å²) in [4.78, 5) is 32.8. The van der Waals surface area contributed by atoms with Crippen molar-refractivity contribution in [3.63, 3.8) is 0 Å². The molecular formula is C23H23N3O2. The van der Waals surface area contributed by atoms with Crippen LogP contribution < -0.4 is 0 Å². The van der Waals surface area contributed by atoms with Crippen molar-refractivity contribution in [3.8, 4) is 0 Å². The average Bonchev–Trinajstić information content (AvgIpc) is 3.09. The number of aromatic nitrogens is 1. The molecular weight excluding hydrogens is 350 g/mol. The van der Waals surface area contributed by atoms with Gasteiger partial charge < -0.3 is 14.8 Å². The van der Waals surface area contributed by atoms with E-state index in [0.29, 0.717) is 6.42 Å². The maximum atomic E-state index is 12.9. The van der Waals surface area contributed by atoms with Crippen molar-refractivity contribution in [2.45, 2.75) is 31.3 Å². The summed E-state index contributed by atoms with van der Waals surface area (Å²) in [5.74, 6) is 0.0784. The molecule has 2 atom stereocenters. The molecule has 2 aromatic carbocycles. The molecule has 5 rings (SSSR count). The lowest BCUT2D eigenvalue weighted by atomic mass is 9.87. The Hall–Kier alpha value is -3.08. The van der Waals surface area contributed by atoms with Crippen LogP contribution in [0.15, 0.2) is 54.6 Å². The van der Waals surface area contributed by atoms with Crippen LogP contribution in [0.1, 0.15) is 29.3 Å². The minimum atomic E-state index is -0.404. The molecule has 0 spiro atoms. The predicted octanol–water partition coefficient (Wildman–Crippen LogP) is 3.07. The first-order valence-electron chi connectivity index (χ1n) is 9.83. The smallest absolute Gasteiger partial charge is 0.245 e. The Labute approximate surface area is 163 Å². The lowest BCUT2D eigenvalue weighted by molar-refractivity contribution is -0.158. The maximum Gasteiger partial charge on any atom is 0.245 e. The quantitative estimate of drug-likeness (QED) is 0.767. The first kappa shape index (κ1) is 17.0. The summed E-state index contributed by atoms with van der Waals surface area (Å²) in [5, 5.41) is 1.16. The number of piperazine rings is 1. The van der Waals surface area contributed by atoms with E-state index in [2.05, 4.69) is 29.2 Å². The number of aromatic amines is 1. The zero-order valence-corrected chi connectivity index (χ0v) is 15.9. The maximum absolute atomic E-state index is 12.9. The molecule has 0 radical (unpaired) electrons. The van der Waals surface area contributed by atoms with Gasteiger partial charge in [-0.2, -0.15) is 0 Å². The second kappa shape index (κ2) is 6.51. The van der Waals surface area contributed by atoms with Crippen molar-refractivity contribution in [1.29, 1.82) is 0 Å². The number of hydrogen-bond donors (Lipinski definition) is 1. The number of hydrogen-bond acceptors (Lipinski definition) is 2. The van der Waals surface area contributed by atoms with Crippen molar-refractivity contribution in [3.05, 3.63) is 71.4 Å². The summed E-state index contributed by atoms with van der Waals surface area (Å²) in [6.07, 6.45) is 2.24. The van der Waals surface area contributed by atoms with Gasteiger partial charge in [-0.3, -0.25) is 9.59 Å². The molecule has 142 valence electrons. The third-order valence-electron chi connectivity index (χ3n) is 6.12. The lowest BCUT2D eigenvalue weighted by Gasteiger charge is -2.46. The molecule has 2 aliphatic rings. The molecule has 1 N–H and O–H groups in total. The van der Waals surface area contributed by atoms with E-state index >= 15 is 0 Å². The highest BCUT2D eigenvalue weighted by atomic mass is 16.2. The highest BCUT2D eigenvalue weighted by Crippen LogP contribution is 2.41. The van der Waals surface area contributed by atoms with E-state index in [1.807, 2.05) is 35.2 Å². The average molecular weight is 373 g/mol.